The molecule has 1 heterocycles. The van der Waals surface area contributed by atoms with Crippen LogP contribution in [0.5, 0.6) is 0 Å². The summed E-state index contributed by atoms with van der Waals surface area (Å²) < 4.78 is 1.75. The van der Waals surface area contributed by atoms with E-state index in [1.54, 1.807) is 53.1 Å². The van der Waals surface area contributed by atoms with Crippen molar-refractivity contribution in [1.82, 2.24) is 9.88 Å². The van der Waals surface area contributed by atoms with Crippen LogP contribution >= 0.6 is 0 Å². The Labute approximate surface area is 172 Å². The molecule has 1 aromatic heterocycles. The van der Waals surface area contributed by atoms with E-state index in [0.29, 0.717) is 21.8 Å². The maximum atomic E-state index is 12.8. The molecule has 3 aromatic carbocycles. The zero-order chi connectivity index (χ0) is 21.1. The second kappa shape index (κ2) is 8.21. The van der Waals surface area contributed by atoms with E-state index in [-0.39, 0.29) is 18.4 Å². The number of carboxylic acid groups (broad SMARTS) is 1. The molecular weight excluding hydrogens is 380 g/mol. The Hall–Kier alpha value is -3.93. The Bertz CT molecular complexity index is 1240. The second-order valence-electron chi connectivity index (χ2n) is 7.10. The van der Waals surface area contributed by atoms with Gasteiger partial charge in [0, 0.05) is 17.2 Å². The standard InChI is InChI=1S/C24H20N2O4/c27-22(25-19(24(29)30)14-16-8-2-1-3-9-16)15-26-20-12-6-4-10-17(20)23(28)18-11-5-7-13-21(18)26/h1-13,19H,14-15H2,(H,25,27)(H,29,30). The number of nitrogens with one attached hydrogen (secondary N) is 1. The highest BCUT2D eigenvalue weighted by Crippen LogP contribution is 2.19. The monoisotopic (exact) mass is 400 g/mol. The SMILES string of the molecule is O=C(Cn1c2ccccc2c(=O)c2ccccc21)NC(Cc1ccccc1)C(=O)O. The van der Waals surface area contributed by atoms with Gasteiger partial charge in [0.05, 0.1) is 11.0 Å². The van der Waals surface area contributed by atoms with Gasteiger partial charge in [-0.2, -0.15) is 0 Å². The molecular formula is C24H20N2O4. The minimum atomic E-state index is -1.10. The van der Waals surface area contributed by atoms with E-state index < -0.39 is 17.9 Å². The maximum Gasteiger partial charge on any atom is 0.326 e. The smallest absolute Gasteiger partial charge is 0.326 e. The lowest BCUT2D eigenvalue weighted by molar-refractivity contribution is -0.141. The van der Waals surface area contributed by atoms with Gasteiger partial charge in [0.1, 0.15) is 12.6 Å². The van der Waals surface area contributed by atoms with Gasteiger partial charge in [0.2, 0.25) is 5.91 Å². The van der Waals surface area contributed by atoms with E-state index >= 15 is 0 Å². The van der Waals surface area contributed by atoms with E-state index in [1.165, 1.54) is 0 Å². The molecule has 0 bridgehead atoms. The second-order valence-corrected chi connectivity index (χ2v) is 7.10. The Morgan fingerprint density at radius 3 is 1.93 bits per heavy atom. The van der Waals surface area contributed by atoms with Crippen molar-refractivity contribution in [2.75, 3.05) is 0 Å². The van der Waals surface area contributed by atoms with Crippen molar-refractivity contribution >= 4 is 33.7 Å². The number of carboxylic acids is 1. The molecule has 0 saturated heterocycles. The minimum Gasteiger partial charge on any atom is -0.480 e. The lowest BCUT2D eigenvalue weighted by Gasteiger charge is -2.18. The van der Waals surface area contributed by atoms with Crippen LogP contribution in [0.3, 0.4) is 0 Å². The van der Waals surface area contributed by atoms with Gasteiger partial charge >= 0.3 is 5.97 Å². The fraction of sp³-hybridized carbons (Fsp3) is 0.125. The quantitative estimate of drug-likeness (QED) is 0.487. The molecule has 2 N–H and O–H groups in total. The Kier molecular flexibility index (Phi) is 5.30. The van der Waals surface area contributed by atoms with Crippen LogP contribution in [-0.2, 0) is 22.6 Å². The third-order valence-corrected chi connectivity index (χ3v) is 5.10. The van der Waals surface area contributed by atoms with Crippen LogP contribution in [0.4, 0.5) is 0 Å². The molecule has 0 saturated carbocycles. The highest BCUT2D eigenvalue weighted by Gasteiger charge is 2.21. The minimum absolute atomic E-state index is 0.0923. The molecule has 0 aliphatic carbocycles. The molecule has 0 spiro atoms. The third-order valence-electron chi connectivity index (χ3n) is 5.10. The first-order chi connectivity index (χ1) is 14.5. The van der Waals surface area contributed by atoms with E-state index in [9.17, 15) is 19.5 Å². The predicted octanol–water partition coefficient (Wildman–Crippen LogP) is 2.97. The van der Waals surface area contributed by atoms with E-state index in [2.05, 4.69) is 5.32 Å². The fourth-order valence-electron chi connectivity index (χ4n) is 3.68. The van der Waals surface area contributed by atoms with Gasteiger partial charge in [-0.05, 0) is 29.8 Å². The van der Waals surface area contributed by atoms with Crippen LogP contribution in [0.25, 0.3) is 21.8 Å². The molecule has 30 heavy (non-hydrogen) atoms. The molecule has 150 valence electrons. The number of aromatic nitrogens is 1. The average molecular weight is 400 g/mol. The molecule has 4 rings (SSSR count). The molecule has 0 radical (unpaired) electrons. The van der Waals surface area contributed by atoms with Crippen molar-refractivity contribution in [2.45, 2.75) is 19.0 Å². The maximum absolute atomic E-state index is 12.8. The van der Waals surface area contributed by atoms with Crippen molar-refractivity contribution in [3.63, 3.8) is 0 Å². The van der Waals surface area contributed by atoms with Gasteiger partial charge in [-0.3, -0.25) is 9.59 Å². The number of benzene rings is 3. The van der Waals surface area contributed by atoms with Gasteiger partial charge < -0.3 is 15.0 Å². The molecule has 1 atom stereocenters. The summed E-state index contributed by atoms with van der Waals surface area (Å²) in [5.74, 6) is -1.53. The number of carbonyl (C=O) groups is 2. The van der Waals surface area contributed by atoms with Crippen LogP contribution in [0.1, 0.15) is 5.56 Å². The first-order valence-corrected chi connectivity index (χ1v) is 9.61. The van der Waals surface area contributed by atoms with Crippen LogP contribution in [0.15, 0.2) is 83.7 Å². The van der Waals surface area contributed by atoms with E-state index in [0.717, 1.165) is 5.56 Å². The molecule has 1 amide bonds. The fourth-order valence-corrected chi connectivity index (χ4v) is 3.68. The van der Waals surface area contributed by atoms with Gasteiger partial charge in [-0.15, -0.1) is 0 Å². The lowest BCUT2D eigenvalue weighted by atomic mass is 10.1. The number of amides is 1. The summed E-state index contributed by atoms with van der Waals surface area (Å²) >= 11 is 0. The van der Waals surface area contributed by atoms with E-state index in [1.807, 2.05) is 30.3 Å². The number of hydrogen-bond acceptors (Lipinski definition) is 3. The van der Waals surface area contributed by atoms with E-state index in [4.69, 9.17) is 0 Å². The van der Waals surface area contributed by atoms with Crippen molar-refractivity contribution in [1.29, 1.82) is 0 Å². The summed E-state index contributed by atoms with van der Waals surface area (Å²) in [5.41, 5.74) is 1.99. The summed E-state index contributed by atoms with van der Waals surface area (Å²) in [4.78, 5) is 37.3. The molecule has 1 unspecified atom stereocenters. The Morgan fingerprint density at radius 1 is 0.833 bits per heavy atom. The van der Waals surface area contributed by atoms with Gasteiger partial charge in [0.25, 0.3) is 0 Å². The molecule has 0 fully saturated rings. The van der Waals surface area contributed by atoms with Crippen molar-refractivity contribution in [3.05, 3.63) is 94.6 Å². The molecule has 6 heteroatoms. The van der Waals surface area contributed by atoms with Crippen LogP contribution in [0, 0.1) is 0 Å². The van der Waals surface area contributed by atoms with Crippen molar-refractivity contribution in [2.24, 2.45) is 0 Å². The topological polar surface area (TPSA) is 88.4 Å². The average Bonchev–Trinajstić information content (AvgIpc) is 2.77. The number of aliphatic carboxylic acids is 1. The third kappa shape index (κ3) is 3.80. The number of carbonyl (C=O) groups excluding carboxylic acids is 1. The number of rotatable bonds is 6. The zero-order valence-electron chi connectivity index (χ0n) is 16.1. The van der Waals surface area contributed by atoms with Gasteiger partial charge in [0.15, 0.2) is 5.43 Å². The van der Waals surface area contributed by atoms with Crippen LogP contribution < -0.4 is 10.7 Å². The summed E-state index contributed by atoms with van der Waals surface area (Å²) in [6.07, 6.45) is 0.188. The zero-order valence-corrected chi connectivity index (χ0v) is 16.1. The van der Waals surface area contributed by atoms with Crippen molar-refractivity contribution < 1.29 is 14.7 Å². The molecule has 0 aliphatic rings. The first kappa shape index (κ1) is 19.4. The van der Waals surface area contributed by atoms with Crippen LogP contribution in [-0.4, -0.2) is 27.6 Å². The highest BCUT2D eigenvalue weighted by atomic mass is 16.4. The van der Waals surface area contributed by atoms with Crippen LogP contribution in [0.2, 0.25) is 0 Å². The Morgan fingerprint density at radius 2 is 1.37 bits per heavy atom. The lowest BCUT2D eigenvalue weighted by Crippen LogP contribution is -2.43. The molecule has 4 aromatic rings. The number of fused-ring (bicyclic) bond motifs is 2. The largest absolute Gasteiger partial charge is 0.480 e. The normalized spacial score (nSPS) is 12.0. The number of pyridine rings is 1. The van der Waals surface area contributed by atoms with Crippen molar-refractivity contribution in [3.8, 4) is 0 Å². The highest BCUT2D eigenvalue weighted by molar-refractivity contribution is 5.95. The molecule has 0 aliphatic heterocycles. The summed E-state index contributed by atoms with van der Waals surface area (Å²) in [5, 5.41) is 13.2. The summed E-state index contributed by atoms with van der Waals surface area (Å²) in [7, 11) is 0. The summed E-state index contributed by atoms with van der Waals surface area (Å²) in [6.45, 7) is -0.0973. The Balaban J connectivity index is 1.67. The predicted molar refractivity (Wildman–Crippen MR) is 115 cm³/mol. The summed E-state index contributed by atoms with van der Waals surface area (Å²) in [6, 6.07) is 22.3. The number of nitrogens with zero attached hydrogens (tertiary/aromatic N) is 1. The molecule has 6 nitrogen and oxygen atoms in total. The first-order valence-electron chi connectivity index (χ1n) is 9.61. The number of hydrogen-bond donors (Lipinski definition) is 2. The number of para-hydroxylation sites is 2. The van der Waals surface area contributed by atoms with Gasteiger partial charge in [-0.1, -0.05) is 54.6 Å². The van der Waals surface area contributed by atoms with Gasteiger partial charge in [-0.25, -0.2) is 4.79 Å².